The Morgan fingerprint density at radius 2 is 1.70 bits per heavy atom. The molecule has 37 heavy (non-hydrogen) atoms. The molecule has 0 bridgehead atoms. The largest absolute Gasteiger partial charge is 0.352 e. The Kier molecular flexibility index (Phi) is 5.20. The number of Topliss-reactive ketones (excluding diaryl/α,β-unsaturated/α-hetero) is 1. The van der Waals surface area contributed by atoms with Crippen molar-refractivity contribution in [2.75, 3.05) is 13.2 Å². The molecule has 1 aliphatic carbocycles. The molecular weight excluding hydrogens is 458 g/mol. The van der Waals surface area contributed by atoms with Crippen LogP contribution in [0.5, 0.6) is 0 Å². The van der Waals surface area contributed by atoms with E-state index in [4.69, 9.17) is 9.98 Å². The van der Waals surface area contributed by atoms with Crippen LogP contribution in [-0.2, 0) is 17.8 Å². The number of nitrogens with one attached hydrogen (secondary N) is 1. The normalized spacial score (nSPS) is 23.9. The molecule has 0 saturated heterocycles. The van der Waals surface area contributed by atoms with Crippen molar-refractivity contribution in [2.24, 2.45) is 15.9 Å². The molecular formula is C31H29N5O. The van der Waals surface area contributed by atoms with Gasteiger partial charge in [0.05, 0.1) is 30.7 Å². The predicted molar refractivity (Wildman–Crippen MR) is 146 cm³/mol. The summed E-state index contributed by atoms with van der Waals surface area (Å²) in [6.45, 7) is 2.24. The second-order valence-electron chi connectivity index (χ2n) is 10.5. The Morgan fingerprint density at radius 3 is 2.54 bits per heavy atom. The molecule has 1 saturated carbocycles. The Hall–Kier alpha value is -4.19. The zero-order valence-electron chi connectivity index (χ0n) is 20.7. The van der Waals surface area contributed by atoms with Gasteiger partial charge in [0.25, 0.3) is 0 Å². The first kappa shape index (κ1) is 22.0. The van der Waals surface area contributed by atoms with Gasteiger partial charge in [-0.15, -0.1) is 0 Å². The van der Waals surface area contributed by atoms with Gasteiger partial charge in [-0.25, -0.2) is 9.98 Å². The highest BCUT2D eigenvalue weighted by atomic mass is 16.1. The van der Waals surface area contributed by atoms with E-state index in [1.165, 1.54) is 22.3 Å². The molecule has 4 aliphatic rings. The molecule has 1 spiro atoms. The van der Waals surface area contributed by atoms with Gasteiger partial charge < -0.3 is 10.2 Å². The van der Waals surface area contributed by atoms with Gasteiger partial charge in [0.15, 0.2) is 0 Å². The number of carbonyl (C=O) groups excluding carboxylic acids is 1. The maximum Gasteiger partial charge on any atom is 0.227 e. The van der Waals surface area contributed by atoms with Crippen molar-refractivity contribution in [3.8, 4) is 11.1 Å². The average Bonchev–Trinajstić information content (AvgIpc) is 3.60. The zero-order chi connectivity index (χ0) is 24.8. The Balaban J connectivity index is 1.16. The number of guanidine groups is 1. The summed E-state index contributed by atoms with van der Waals surface area (Å²) in [4.78, 5) is 27.3. The predicted octanol–water partition coefficient (Wildman–Crippen LogP) is 4.60. The third-order valence-corrected chi connectivity index (χ3v) is 8.11. The zero-order valence-corrected chi connectivity index (χ0v) is 20.7. The number of rotatable bonds is 5. The van der Waals surface area contributed by atoms with E-state index in [0.29, 0.717) is 25.2 Å². The van der Waals surface area contributed by atoms with Gasteiger partial charge in [0, 0.05) is 19.4 Å². The first-order chi connectivity index (χ1) is 18.2. The van der Waals surface area contributed by atoms with Gasteiger partial charge in [-0.2, -0.15) is 0 Å². The van der Waals surface area contributed by atoms with Crippen LogP contribution in [-0.4, -0.2) is 46.5 Å². The lowest BCUT2D eigenvalue weighted by atomic mass is 9.81. The number of aliphatic imine (C=N–C) groups is 2. The topological polar surface area (TPSA) is 60.3 Å². The third-order valence-electron chi connectivity index (χ3n) is 8.11. The van der Waals surface area contributed by atoms with E-state index in [0.717, 1.165) is 37.1 Å². The smallest absolute Gasteiger partial charge is 0.227 e. The minimum atomic E-state index is -0.440. The van der Waals surface area contributed by atoms with E-state index in [1.807, 2.05) is 18.3 Å². The molecule has 184 valence electrons. The number of carbonyl (C=O) groups is 1. The molecule has 0 aromatic heterocycles. The van der Waals surface area contributed by atoms with Crippen LogP contribution in [0.15, 0.2) is 106 Å². The standard InChI is InChI=1S/C31H29N5O/c37-26-16-25(15-24-13-7-8-14-27(24)23-11-5-2-6-12-23)31(17-26)20-36-29-28(18-32-30(36)34-31)35(21-33-29)19-22-9-3-1-4-10-22/h1-14,18,25,33H,15-17,19-21H2. The number of ketones is 1. The average molecular weight is 488 g/mol. The van der Waals surface area contributed by atoms with Gasteiger partial charge in [-0.05, 0) is 34.6 Å². The molecule has 3 aromatic rings. The molecule has 2 unspecified atom stereocenters. The van der Waals surface area contributed by atoms with Crippen LogP contribution in [0.25, 0.3) is 11.1 Å². The second kappa shape index (κ2) is 8.73. The van der Waals surface area contributed by atoms with Crippen LogP contribution >= 0.6 is 0 Å². The van der Waals surface area contributed by atoms with Crippen LogP contribution < -0.4 is 5.32 Å². The van der Waals surface area contributed by atoms with Crippen LogP contribution in [0.4, 0.5) is 0 Å². The van der Waals surface area contributed by atoms with E-state index < -0.39 is 5.54 Å². The second-order valence-corrected chi connectivity index (χ2v) is 10.5. The molecule has 1 fully saturated rings. The number of fused-ring (bicyclic) bond motifs is 2. The van der Waals surface area contributed by atoms with Crippen LogP contribution in [0.3, 0.4) is 0 Å². The summed E-state index contributed by atoms with van der Waals surface area (Å²) in [5.41, 5.74) is 5.63. The summed E-state index contributed by atoms with van der Waals surface area (Å²) in [5, 5.41) is 3.59. The molecule has 6 heteroatoms. The lowest BCUT2D eigenvalue weighted by molar-refractivity contribution is -0.117. The molecule has 3 heterocycles. The Morgan fingerprint density at radius 1 is 0.946 bits per heavy atom. The maximum atomic E-state index is 12.9. The van der Waals surface area contributed by atoms with Crippen molar-refractivity contribution in [2.45, 2.75) is 31.3 Å². The van der Waals surface area contributed by atoms with Gasteiger partial charge >= 0.3 is 0 Å². The van der Waals surface area contributed by atoms with Crippen molar-refractivity contribution in [1.29, 1.82) is 0 Å². The maximum absolute atomic E-state index is 12.9. The van der Waals surface area contributed by atoms with E-state index >= 15 is 0 Å². The van der Waals surface area contributed by atoms with Crippen LogP contribution in [0.1, 0.15) is 24.0 Å². The summed E-state index contributed by atoms with van der Waals surface area (Å²) in [6.07, 6.45) is 3.81. The fourth-order valence-electron chi connectivity index (χ4n) is 6.32. The fraction of sp³-hybridized carbons (Fsp3) is 0.258. The van der Waals surface area contributed by atoms with Crippen LogP contribution in [0.2, 0.25) is 0 Å². The summed E-state index contributed by atoms with van der Waals surface area (Å²) < 4.78 is 0. The minimum absolute atomic E-state index is 0.143. The number of nitrogens with zero attached hydrogens (tertiary/aromatic N) is 4. The summed E-state index contributed by atoms with van der Waals surface area (Å²) in [5.74, 6) is 2.23. The van der Waals surface area contributed by atoms with Crippen molar-refractivity contribution < 1.29 is 4.79 Å². The lowest BCUT2D eigenvalue weighted by Crippen LogP contribution is -2.42. The van der Waals surface area contributed by atoms with Gasteiger partial charge in [0.1, 0.15) is 11.6 Å². The Bertz CT molecular complexity index is 1440. The lowest BCUT2D eigenvalue weighted by Gasteiger charge is -2.30. The molecule has 7 rings (SSSR count). The van der Waals surface area contributed by atoms with Gasteiger partial charge in [0.2, 0.25) is 5.96 Å². The highest BCUT2D eigenvalue weighted by Gasteiger charge is 2.53. The molecule has 0 radical (unpaired) electrons. The van der Waals surface area contributed by atoms with Gasteiger partial charge in [-0.1, -0.05) is 84.9 Å². The monoisotopic (exact) mass is 487 g/mol. The number of hydrogen-bond donors (Lipinski definition) is 1. The summed E-state index contributed by atoms with van der Waals surface area (Å²) in [6, 6.07) is 29.6. The number of allylic oxidation sites excluding steroid dienone is 1. The van der Waals surface area contributed by atoms with E-state index in [1.54, 1.807) is 0 Å². The summed E-state index contributed by atoms with van der Waals surface area (Å²) in [7, 11) is 0. The van der Waals surface area contributed by atoms with Crippen molar-refractivity contribution in [1.82, 2.24) is 15.1 Å². The quantitative estimate of drug-likeness (QED) is 0.571. The molecule has 1 N–H and O–H groups in total. The summed E-state index contributed by atoms with van der Waals surface area (Å²) >= 11 is 0. The number of hydrogen-bond acceptors (Lipinski definition) is 6. The highest BCUT2D eigenvalue weighted by Crippen LogP contribution is 2.45. The molecule has 2 atom stereocenters. The highest BCUT2D eigenvalue weighted by molar-refractivity contribution is 6.00. The minimum Gasteiger partial charge on any atom is -0.352 e. The molecule has 6 nitrogen and oxygen atoms in total. The van der Waals surface area contributed by atoms with E-state index in [2.05, 4.69) is 87.9 Å². The first-order valence-electron chi connectivity index (χ1n) is 13.0. The van der Waals surface area contributed by atoms with Crippen molar-refractivity contribution in [3.05, 3.63) is 108 Å². The number of benzene rings is 3. The van der Waals surface area contributed by atoms with E-state index in [-0.39, 0.29) is 5.92 Å². The molecule has 3 aliphatic heterocycles. The van der Waals surface area contributed by atoms with Crippen LogP contribution in [0, 0.1) is 5.92 Å². The van der Waals surface area contributed by atoms with Crippen molar-refractivity contribution >= 4 is 18.0 Å². The molecule has 3 aromatic carbocycles. The first-order valence-corrected chi connectivity index (χ1v) is 13.0. The fourth-order valence-corrected chi connectivity index (χ4v) is 6.32. The Labute approximate surface area is 217 Å². The molecule has 0 amide bonds. The SMILES string of the molecule is O=C1CC(Cc2ccccc2-c2ccccc2)C2(C1)CN1C(=N2)N=CC2=C1NCN2Cc1ccccc1. The van der Waals surface area contributed by atoms with Gasteiger partial charge in [-0.3, -0.25) is 9.69 Å². The van der Waals surface area contributed by atoms with Crippen molar-refractivity contribution in [3.63, 3.8) is 0 Å². The van der Waals surface area contributed by atoms with E-state index in [9.17, 15) is 4.79 Å². The third kappa shape index (κ3) is 3.84.